The van der Waals surface area contributed by atoms with Gasteiger partial charge in [0.1, 0.15) is 11.5 Å². The molecule has 1 saturated heterocycles. The molecule has 0 radical (unpaired) electrons. The zero-order valence-corrected chi connectivity index (χ0v) is 15.1. The minimum Gasteiger partial charge on any atom is -0.495 e. The first kappa shape index (κ1) is 18.1. The summed E-state index contributed by atoms with van der Waals surface area (Å²) < 4.78 is 10.6. The lowest BCUT2D eigenvalue weighted by Crippen LogP contribution is -2.23. The third kappa shape index (κ3) is 4.26. The normalized spacial score (nSPS) is 13.6. The average Bonchev–Trinajstić information content (AvgIpc) is 3.06. The topological polar surface area (TPSA) is 67.9 Å². The fourth-order valence-electron chi connectivity index (χ4n) is 2.73. The summed E-state index contributed by atoms with van der Waals surface area (Å²) in [6.45, 7) is 0.609. The third-order valence-corrected chi connectivity index (χ3v) is 4.32. The Labute approximate surface area is 156 Å². The zero-order valence-electron chi connectivity index (χ0n) is 14.3. The van der Waals surface area contributed by atoms with Gasteiger partial charge in [0.2, 0.25) is 5.91 Å². The highest BCUT2D eigenvalue weighted by Crippen LogP contribution is 2.27. The molecule has 1 aliphatic rings. The average molecular weight is 375 g/mol. The van der Waals surface area contributed by atoms with Gasteiger partial charge in [-0.15, -0.1) is 0 Å². The van der Waals surface area contributed by atoms with E-state index in [0.29, 0.717) is 28.6 Å². The van der Waals surface area contributed by atoms with Gasteiger partial charge in [-0.1, -0.05) is 11.6 Å². The number of benzene rings is 2. The van der Waals surface area contributed by atoms with Crippen LogP contribution >= 0.6 is 11.6 Å². The standard InChI is InChI=1S/C19H19ClN2O4/c1-25-17-9-4-13(11-16(17)20)21-18(23)12-26-15-7-5-14(6-8-15)22-10-2-3-19(22)24/h4-9,11H,2-3,10,12H2,1H3,(H,21,23). The Kier molecular flexibility index (Phi) is 5.63. The number of carbonyl (C=O) groups is 2. The van der Waals surface area contributed by atoms with Crippen LogP contribution in [0.5, 0.6) is 11.5 Å². The molecule has 0 aromatic heterocycles. The molecule has 1 aliphatic heterocycles. The molecule has 0 aliphatic carbocycles. The smallest absolute Gasteiger partial charge is 0.262 e. The molecule has 2 amide bonds. The number of ether oxygens (including phenoxy) is 2. The van der Waals surface area contributed by atoms with E-state index >= 15 is 0 Å². The summed E-state index contributed by atoms with van der Waals surface area (Å²) in [6, 6.07) is 12.1. The lowest BCUT2D eigenvalue weighted by Gasteiger charge is -2.16. The van der Waals surface area contributed by atoms with Crippen LogP contribution in [0.4, 0.5) is 11.4 Å². The first-order valence-corrected chi connectivity index (χ1v) is 8.61. The SMILES string of the molecule is COc1ccc(NC(=O)COc2ccc(N3CCCC3=O)cc2)cc1Cl. The molecular formula is C19H19ClN2O4. The van der Waals surface area contributed by atoms with Crippen LogP contribution in [0.25, 0.3) is 0 Å². The molecule has 0 spiro atoms. The first-order chi connectivity index (χ1) is 12.6. The van der Waals surface area contributed by atoms with E-state index in [1.165, 1.54) is 7.11 Å². The van der Waals surface area contributed by atoms with E-state index in [1.807, 2.05) is 12.1 Å². The van der Waals surface area contributed by atoms with Gasteiger partial charge in [0, 0.05) is 24.3 Å². The van der Waals surface area contributed by atoms with Crippen LogP contribution in [0.15, 0.2) is 42.5 Å². The lowest BCUT2D eigenvalue weighted by atomic mass is 10.3. The highest BCUT2D eigenvalue weighted by Gasteiger charge is 2.21. The quantitative estimate of drug-likeness (QED) is 0.840. The largest absolute Gasteiger partial charge is 0.495 e. The summed E-state index contributed by atoms with van der Waals surface area (Å²) >= 11 is 6.03. The van der Waals surface area contributed by atoms with Crippen LogP contribution in [-0.2, 0) is 9.59 Å². The number of methoxy groups -OCH3 is 1. The van der Waals surface area contributed by atoms with E-state index in [2.05, 4.69) is 5.32 Å². The molecule has 1 N–H and O–H groups in total. The maximum atomic E-state index is 12.0. The van der Waals surface area contributed by atoms with Gasteiger partial charge in [-0.3, -0.25) is 9.59 Å². The molecule has 0 bridgehead atoms. The van der Waals surface area contributed by atoms with Gasteiger partial charge in [0.05, 0.1) is 12.1 Å². The van der Waals surface area contributed by atoms with Gasteiger partial charge in [-0.05, 0) is 48.9 Å². The van der Waals surface area contributed by atoms with Crippen molar-refractivity contribution in [2.75, 3.05) is 30.5 Å². The number of nitrogens with one attached hydrogen (secondary N) is 1. The van der Waals surface area contributed by atoms with E-state index in [9.17, 15) is 9.59 Å². The van der Waals surface area contributed by atoms with Crippen molar-refractivity contribution < 1.29 is 19.1 Å². The Bertz CT molecular complexity index is 808. The van der Waals surface area contributed by atoms with Crippen LogP contribution in [0.1, 0.15) is 12.8 Å². The van der Waals surface area contributed by atoms with Crippen LogP contribution in [0.2, 0.25) is 5.02 Å². The molecule has 136 valence electrons. The van der Waals surface area contributed by atoms with E-state index < -0.39 is 0 Å². The summed E-state index contributed by atoms with van der Waals surface area (Å²) in [5.41, 5.74) is 1.41. The van der Waals surface area contributed by atoms with Crippen molar-refractivity contribution in [1.29, 1.82) is 0 Å². The van der Waals surface area contributed by atoms with Crippen molar-refractivity contribution in [2.45, 2.75) is 12.8 Å². The Morgan fingerprint density at radius 3 is 2.62 bits per heavy atom. The highest BCUT2D eigenvalue weighted by atomic mass is 35.5. The van der Waals surface area contributed by atoms with Crippen molar-refractivity contribution in [3.05, 3.63) is 47.5 Å². The summed E-state index contributed by atoms with van der Waals surface area (Å²) in [4.78, 5) is 25.5. The Morgan fingerprint density at radius 1 is 1.23 bits per heavy atom. The number of hydrogen-bond donors (Lipinski definition) is 1. The number of rotatable bonds is 6. The minimum absolute atomic E-state index is 0.133. The van der Waals surface area contributed by atoms with E-state index in [-0.39, 0.29) is 18.4 Å². The molecule has 1 fully saturated rings. The number of amides is 2. The molecule has 2 aromatic rings. The molecule has 0 saturated carbocycles. The second-order valence-electron chi connectivity index (χ2n) is 5.83. The van der Waals surface area contributed by atoms with Crippen LogP contribution in [0, 0.1) is 0 Å². The van der Waals surface area contributed by atoms with Crippen molar-refractivity contribution in [1.82, 2.24) is 0 Å². The fraction of sp³-hybridized carbons (Fsp3) is 0.263. The summed E-state index contributed by atoms with van der Waals surface area (Å²) in [5.74, 6) is 0.932. The zero-order chi connectivity index (χ0) is 18.5. The van der Waals surface area contributed by atoms with Crippen molar-refractivity contribution in [3.63, 3.8) is 0 Å². The predicted molar refractivity (Wildman–Crippen MR) is 100 cm³/mol. The molecule has 26 heavy (non-hydrogen) atoms. The number of anilines is 2. The highest BCUT2D eigenvalue weighted by molar-refractivity contribution is 6.32. The molecule has 2 aromatic carbocycles. The second kappa shape index (κ2) is 8.10. The van der Waals surface area contributed by atoms with Gasteiger partial charge in [-0.2, -0.15) is 0 Å². The molecule has 1 heterocycles. The number of halogens is 1. The molecule has 7 heteroatoms. The fourth-order valence-corrected chi connectivity index (χ4v) is 2.99. The van der Waals surface area contributed by atoms with E-state index in [1.54, 1.807) is 35.2 Å². The van der Waals surface area contributed by atoms with Crippen molar-refractivity contribution >= 4 is 34.8 Å². The number of carbonyl (C=O) groups excluding carboxylic acids is 2. The minimum atomic E-state index is -0.301. The number of nitrogens with zero attached hydrogens (tertiary/aromatic N) is 1. The van der Waals surface area contributed by atoms with Gasteiger partial charge in [-0.25, -0.2) is 0 Å². The van der Waals surface area contributed by atoms with Gasteiger partial charge < -0.3 is 19.7 Å². The van der Waals surface area contributed by atoms with Gasteiger partial charge in [0.15, 0.2) is 6.61 Å². The van der Waals surface area contributed by atoms with E-state index in [0.717, 1.165) is 18.7 Å². The summed E-state index contributed by atoms with van der Waals surface area (Å²) in [7, 11) is 1.53. The molecule has 0 unspecified atom stereocenters. The van der Waals surface area contributed by atoms with Crippen LogP contribution in [0.3, 0.4) is 0 Å². The second-order valence-corrected chi connectivity index (χ2v) is 6.24. The Hall–Kier alpha value is -2.73. The lowest BCUT2D eigenvalue weighted by molar-refractivity contribution is -0.118. The molecule has 6 nitrogen and oxygen atoms in total. The predicted octanol–water partition coefficient (Wildman–Crippen LogP) is 3.49. The van der Waals surface area contributed by atoms with Crippen molar-refractivity contribution in [3.8, 4) is 11.5 Å². The molecule has 3 rings (SSSR count). The van der Waals surface area contributed by atoms with Crippen LogP contribution < -0.4 is 19.7 Å². The third-order valence-electron chi connectivity index (χ3n) is 4.03. The van der Waals surface area contributed by atoms with E-state index in [4.69, 9.17) is 21.1 Å². The van der Waals surface area contributed by atoms with Gasteiger partial charge in [0.25, 0.3) is 5.91 Å². The molecule has 0 atom stereocenters. The maximum Gasteiger partial charge on any atom is 0.262 e. The molecular weight excluding hydrogens is 356 g/mol. The Balaban J connectivity index is 1.52. The summed E-state index contributed by atoms with van der Waals surface area (Å²) in [6.07, 6.45) is 1.47. The monoisotopic (exact) mass is 374 g/mol. The first-order valence-electron chi connectivity index (χ1n) is 8.23. The summed E-state index contributed by atoms with van der Waals surface area (Å²) in [5, 5.41) is 3.12. The maximum absolute atomic E-state index is 12.0. The number of hydrogen-bond acceptors (Lipinski definition) is 4. The Morgan fingerprint density at radius 2 is 2.00 bits per heavy atom. The van der Waals surface area contributed by atoms with Crippen LogP contribution in [-0.4, -0.2) is 32.1 Å². The van der Waals surface area contributed by atoms with Crippen molar-refractivity contribution in [2.24, 2.45) is 0 Å². The van der Waals surface area contributed by atoms with Gasteiger partial charge >= 0.3 is 0 Å².